The first kappa shape index (κ1) is 14.5. The quantitative estimate of drug-likeness (QED) is 0.885. The number of rotatable bonds is 5. The van der Waals surface area contributed by atoms with Gasteiger partial charge in [-0.15, -0.1) is 0 Å². The first-order chi connectivity index (χ1) is 8.04. The summed E-state index contributed by atoms with van der Waals surface area (Å²) in [7, 11) is 3.74. The maximum atomic E-state index is 5.50. The highest BCUT2D eigenvalue weighted by molar-refractivity contribution is 9.10. The Kier molecular flexibility index (Phi) is 5.47. The molecule has 0 fully saturated rings. The average molecular weight is 300 g/mol. The molecule has 0 amide bonds. The van der Waals surface area contributed by atoms with Crippen molar-refractivity contribution in [2.24, 2.45) is 5.92 Å². The van der Waals surface area contributed by atoms with Gasteiger partial charge in [0.1, 0.15) is 5.75 Å². The van der Waals surface area contributed by atoms with E-state index in [1.165, 1.54) is 11.1 Å². The summed E-state index contributed by atoms with van der Waals surface area (Å²) in [5.74, 6) is 1.54. The molecule has 0 heterocycles. The fourth-order valence-electron chi connectivity index (χ4n) is 2.07. The maximum Gasteiger partial charge on any atom is 0.123 e. The molecule has 2 atom stereocenters. The molecule has 1 rings (SSSR count). The minimum atomic E-state index is 0.326. The number of hydrogen-bond donors (Lipinski definition) is 1. The van der Waals surface area contributed by atoms with E-state index in [1.54, 1.807) is 7.11 Å². The molecule has 1 aromatic carbocycles. The summed E-state index contributed by atoms with van der Waals surface area (Å²) in [5, 5.41) is 3.39. The van der Waals surface area contributed by atoms with Gasteiger partial charge in [-0.2, -0.15) is 0 Å². The molecule has 0 saturated heterocycles. The molecule has 1 aromatic rings. The van der Waals surface area contributed by atoms with Crippen molar-refractivity contribution in [2.45, 2.75) is 33.2 Å². The van der Waals surface area contributed by atoms with Crippen LogP contribution >= 0.6 is 15.9 Å². The Morgan fingerprint density at radius 3 is 2.53 bits per heavy atom. The zero-order valence-electron chi connectivity index (χ0n) is 11.3. The van der Waals surface area contributed by atoms with Crippen molar-refractivity contribution in [3.05, 3.63) is 27.7 Å². The molecule has 0 aliphatic carbocycles. The third-order valence-corrected chi connectivity index (χ3v) is 4.22. The molecule has 2 unspecified atom stereocenters. The Morgan fingerprint density at radius 1 is 1.41 bits per heavy atom. The molecule has 0 aliphatic rings. The minimum absolute atomic E-state index is 0.326. The highest BCUT2D eigenvalue weighted by Crippen LogP contribution is 2.35. The van der Waals surface area contributed by atoms with Crippen LogP contribution in [0.3, 0.4) is 0 Å². The van der Waals surface area contributed by atoms with Gasteiger partial charge in [0.25, 0.3) is 0 Å². The van der Waals surface area contributed by atoms with Crippen LogP contribution < -0.4 is 10.1 Å². The molecule has 17 heavy (non-hydrogen) atoms. The summed E-state index contributed by atoms with van der Waals surface area (Å²) in [4.78, 5) is 0. The molecule has 0 aromatic heterocycles. The number of halogens is 1. The highest BCUT2D eigenvalue weighted by atomic mass is 79.9. The zero-order valence-corrected chi connectivity index (χ0v) is 12.9. The Hall–Kier alpha value is -0.540. The second-order valence-corrected chi connectivity index (χ2v) is 5.35. The monoisotopic (exact) mass is 299 g/mol. The number of aryl methyl sites for hydroxylation is 1. The topological polar surface area (TPSA) is 21.3 Å². The van der Waals surface area contributed by atoms with Crippen LogP contribution in [0.15, 0.2) is 16.6 Å². The third-order valence-electron chi connectivity index (χ3n) is 3.37. The van der Waals surface area contributed by atoms with Crippen molar-refractivity contribution >= 4 is 15.9 Å². The lowest BCUT2D eigenvalue weighted by Gasteiger charge is -2.25. The van der Waals surface area contributed by atoms with Gasteiger partial charge in [0.15, 0.2) is 0 Å². The number of hydrogen-bond acceptors (Lipinski definition) is 2. The molecule has 0 radical (unpaired) electrons. The molecule has 96 valence electrons. The number of benzene rings is 1. The predicted molar refractivity (Wildman–Crippen MR) is 76.7 cm³/mol. The van der Waals surface area contributed by atoms with E-state index in [1.807, 2.05) is 7.05 Å². The van der Waals surface area contributed by atoms with Gasteiger partial charge < -0.3 is 10.1 Å². The summed E-state index contributed by atoms with van der Waals surface area (Å²) in [6.45, 7) is 6.55. The Labute approximate surface area is 113 Å². The second kappa shape index (κ2) is 6.41. The normalized spacial score (nSPS) is 14.5. The highest BCUT2D eigenvalue weighted by Gasteiger charge is 2.20. The molecule has 3 heteroatoms. The van der Waals surface area contributed by atoms with E-state index in [4.69, 9.17) is 4.74 Å². The lowest BCUT2D eigenvalue weighted by Crippen LogP contribution is -2.23. The van der Waals surface area contributed by atoms with Crippen LogP contribution in [-0.2, 0) is 0 Å². The van der Waals surface area contributed by atoms with Crippen LogP contribution in [0.5, 0.6) is 5.75 Å². The molecule has 2 nitrogen and oxygen atoms in total. The Morgan fingerprint density at radius 2 is 2.06 bits per heavy atom. The van der Waals surface area contributed by atoms with Crippen LogP contribution in [0.1, 0.15) is 37.4 Å². The van der Waals surface area contributed by atoms with Crippen LogP contribution in [0.2, 0.25) is 0 Å². The van der Waals surface area contributed by atoms with E-state index in [0.717, 1.165) is 16.6 Å². The number of methoxy groups -OCH3 is 1. The van der Waals surface area contributed by atoms with Crippen LogP contribution in [0.25, 0.3) is 0 Å². The molecule has 0 aliphatic heterocycles. The van der Waals surface area contributed by atoms with E-state index >= 15 is 0 Å². The average Bonchev–Trinajstić information content (AvgIpc) is 2.33. The van der Waals surface area contributed by atoms with E-state index in [-0.39, 0.29) is 0 Å². The molecule has 0 saturated carbocycles. The zero-order chi connectivity index (χ0) is 13.0. The van der Waals surface area contributed by atoms with Gasteiger partial charge in [-0.05, 0) is 37.6 Å². The lowest BCUT2D eigenvalue weighted by atomic mass is 9.91. The van der Waals surface area contributed by atoms with Crippen molar-refractivity contribution in [2.75, 3.05) is 14.2 Å². The molecule has 1 N–H and O–H groups in total. The Balaban J connectivity index is 3.22. The van der Waals surface area contributed by atoms with E-state index < -0.39 is 0 Å². The van der Waals surface area contributed by atoms with Crippen molar-refractivity contribution in [1.82, 2.24) is 5.32 Å². The van der Waals surface area contributed by atoms with E-state index in [9.17, 15) is 0 Å². The largest absolute Gasteiger partial charge is 0.496 e. The smallest absolute Gasteiger partial charge is 0.123 e. The standard InChI is InChI=1S/C14H22BrNO/c1-6-9(2)14(16-4)11-8-12(15)10(3)7-13(11)17-5/h7-9,14,16H,6H2,1-5H3. The molecule has 0 spiro atoms. The van der Waals surface area contributed by atoms with Crippen molar-refractivity contribution in [3.63, 3.8) is 0 Å². The van der Waals surface area contributed by atoms with E-state index in [0.29, 0.717) is 12.0 Å². The van der Waals surface area contributed by atoms with Gasteiger partial charge in [0.05, 0.1) is 7.11 Å². The van der Waals surface area contributed by atoms with Gasteiger partial charge in [0, 0.05) is 16.1 Å². The SMILES string of the molecule is CCC(C)C(NC)c1cc(Br)c(C)cc1OC. The second-order valence-electron chi connectivity index (χ2n) is 4.50. The number of nitrogens with one attached hydrogen (secondary N) is 1. The molecular weight excluding hydrogens is 278 g/mol. The fraction of sp³-hybridized carbons (Fsp3) is 0.571. The molecule has 0 bridgehead atoms. The van der Waals surface area contributed by atoms with Crippen molar-refractivity contribution in [3.8, 4) is 5.75 Å². The third kappa shape index (κ3) is 3.23. The minimum Gasteiger partial charge on any atom is -0.496 e. The van der Waals surface area contributed by atoms with Gasteiger partial charge >= 0.3 is 0 Å². The fourth-order valence-corrected chi connectivity index (χ4v) is 2.43. The number of ether oxygens (including phenoxy) is 1. The summed E-state index contributed by atoms with van der Waals surface area (Å²) in [5.41, 5.74) is 2.42. The van der Waals surface area contributed by atoms with Gasteiger partial charge in [0.2, 0.25) is 0 Å². The first-order valence-electron chi connectivity index (χ1n) is 6.06. The summed E-state index contributed by atoms with van der Waals surface area (Å²) >= 11 is 3.59. The lowest BCUT2D eigenvalue weighted by molar-refractivity contribution is 0.364. The van der Waals surface area contributed by atoms with Gasteiger partial charge in [-0.25, -0.2) is 0 Å². The van der Waals surface area contributed by atoms with Crippen LogP contribution in [-0.4, -0.2) is 14.2 Å². The van der Waals surface area contributed by atoms with E-state index in [2.05, 4.69) is 54.2 Å². The summed E-state index contributed by atoms with van der Waals surface area (Å²) in [6.07, 6.45) is 1.14. The van der Waals surface area contributed by atoms with Gasteiger partial charge in [-0.3, -0.25) is 0 Å². The maximum absolute atomic E-state index is 5.50. The first-order valence-corrected chi connectivity index (χ1v) is 6.85. The van der Waals surface area contributed by atoms with Gasteiger partial charge in [-0.1, -0.05) is 36.2 Å². The van der Waals surface area contributed by atoms with Crippen molar-refractivity contribution in [1.29, 1.82) is 0 Å². The van der Waals surface area contributed by atoms with Crippen molar-refractivity contribution < 1.29 is 4.74 Å². The summed E-state index contributed by atoms with van der Waals surface area (Å²) < 4.78 is 6.63. The predicted octanol–water partition coefficient (Wildman–Crippen LogP) is 4.07. The van der Waals surface area contributed by atoms with Crippen LogP contribution in [0.4, 0.5) is 0 Å². The van der Waals surface area contributed by atoms with Crippen LogP contribution in [0, 0.1) is 12.8 Å². The Bertz CT molecular complexity index is 379. The summed E-state index contributed by atoms with van der Waals surface area (Å²) in [6, 6.07) is 4.58. The molecular formula is C14H22BrNO.